The Bertz CT molecular complexity index is 238. The number of rotatable bonds is 2. The van der Waals surface area contributed by atoms with Gasteiger partial charge in [-0.1, -0.05) is 0 Å². The Labute approximate surface area is 72.3 Å². The molecule has 1 aromatic rings. The third-order valence-corrected chi connectivity index (χ3v) is 1.92. The Morgan fingerprint density at radius 3 is 1.67 bits per heavy atom. The molecule has 0 saturated heterocycles. The standard InChI is InChI=1S/C9H15NO2/c1-6(11)8-4-10(3)5-9(8)7(2)12/h4-7,11-12H,1-3H3. The number of aliphatic hydroxyl groups excluding tert-OH is 2. The predicted octanol–water partition coefficient (Wildman–Crippen LogP) is 1.13. The molecule has 68 valence electrons. The summed E-state index contributed by atoms with van der Waals surface area (Å²) in [7, 11) is 1.87. The Hall–Kier alpha value is -0.800. The summed E-state index contributed by atoms with van der Waals surface area (Å²) in [6.45, 7) is 3.39. The lowest BCUT2D eigenvalue weighted by atomic mass is 10.1. The Kier molecular flexibility index (Phi) is 2.55. The molecule has 1 rings (SSSR count). The summed E-state index contributed by atoms with van der Waals surface area (Å²) in [6.07, 6.45) is 2.62. The number of aryl methyl sites for hydroxylation is 1. The van der Waals surface area contributed by atoms with Crippen molar-refractivity contribution in [2.75, 3.05) is 0 Å². The van der Waals surface area contributed by atoms with E-state index in [1.165, 1.54) is 0 Å². The van der Waals surface area contributed by atoms with Crippen molar-refractivity contribution in [2.45, 2.75) is 26.1 Å². The molecule has 0 amide bonds. The van der Waals surface area contributed by atoms with Gasteiger partial charge in [0.25, 0.3) is 0 Å². The van der Waals surface area contributed by atoms with Gasteiger partial charge in [0, 0.05) is 30.6 Å². The second-order valence-corrected chi connectivity index (χ2v) is 3.19. The first-order valence-electron chi connectivity index (χ1n) is 4.04. The van der Waals surface area contributed by atoms with Gasteiger partial charge in [0.2, 0.25) is 0 Å². The van der Waals surface area contributed by atoms with E-state index in [0.29, 0.717) is 0 Å². The lowest BCUT2D eigenvalue weighted by Gasteiger charge is -2.07. The van der Waals surface area contributed by atoms with Crippen LogP contribution in [0.4, 0.5) is 0 Å². The van der Waals surface area contributed by atoms with Gasteiger partial charge < -0.3 is 14.8 Å². The minimum Gasteiger partial charge on any atom is -0.389 e. The van der Waals surface area contributed by atoms with Crippen molar-refractivity contribution >= 4 is 0 Å². The van der Waals surface area contributed by atoms with Crippen molar-refractivity contribution in [3.8, 4) is 0 Å². The van der Waals surface area contributed by atoms with Gasteiger partial charge in [-0.25, -0.2) is 0 Å². The van der Waals surface area contributed by atoms with Gasteiger partial charge in [-0.15, -0.1) is 0 Å². The molecule has 0 aromatic carbocycles. The van der Waals surface area contributed by atoms with Gasteiger partial charge >= 0.3 is 0 Å². The Balaban J connectivity index is 3.08. The molecule has 2 unspecified atom stereocenters. The molecule has 1 aromatic heterocycles. The van der Waals surface area contributed by atoms with Gasteiger partial charge in [0.1, 0.15) is 0 Å². The van der Waals surface area contributed by atoms with E-state index in [1.54, 1.807) is 13.8 Å². The SMILES string of the molecule is CC(O)c1cn(C)cc1C(C)O. The van der Waals surface area contributed by atoms with Crippen LogP contribution in [0.15, 0.2) is 12.4 Å². The molecule has 3 heteroatoms. The first-order chi connectivity index (χ1) is 5.52. The van der Waals surface area contributed by atoms with Gasteiger partial charge in [-0.2, -0.15) is 0 Å². The second kappa shape index (κ2) is 3.29. The minimum atomic E-state index is -0.518. The maximum atomic E-state index is 9.34. The molecule has 0 aliphatic rings. The monoisotopic (exact) mass is 169 g/mol. The van der Waals surface area contributed by atoms with Gasteiger partial charge in [0.15, 0.2) is 0 Å². The van der Waals surface area contributed by atoms with Crippen LogP contribution in [0.1, 0.15) is 37.2 Å². The second-order valence-electron chi connectivity index (χ2n) is 3.19. The van der Waals surface area contributed by atoms with Gasteiger partial charge in [-0.3, -0.25) is 0 Å². The summed E-state index contributed by atoms with van der Waals surface area (Å²) in [5.74, 6) is 0. The van der Waals surface area contributed by atoms with E-state index in [1.807, 2.05) is 24.0 Å². The Morgan fingerprint density at radius 1 is 1.08 bits per heavy atom. The molecular weight excluding hydrogens is 154 g/mol. The largest absolute Gasteiger partial charge is 0.389 e. The summed E-state index contributed by atoms with van der Waals surface area (Å²) < 4.78 is 1.84. The third kappa shape index (κ3) is 1.68. The van der Waals surface area contributed by atoms with Gasteiger partial charge in [0.05, 0.1) is 12.2 Å². The zero-order valence-electron chi connectivity index (χ0n) is 7.65. The number of hydrogen-bond donors (Lipinski definition) is 2. The number of aromatic nitrogens is 1. The van der Waals surface area contributed by atoms with Gasteiger partial charge in [-0.05, 0) is 13.8 Å². The first kappa shape index (κ1) is 9.29. The predicted molar refractivity (Wildman–Crippen MR) is 46.7 cm³/mol. The van der Waals surface area contributed by atoms with Crippen molar-refractivity contribution in [3.05, 3.63) is 23.5 Å². The third-order valence-electron chi connectivity index (χ3n) is 1.92. The summed E-state index contributed by atoms with van der Waals surface area (Å²) in [6, 6.07) is 0. The van der Waals surface area contributed by atoms with Crippen LogP contribution < -0.4 is 0 Å². The van der Waals surface area contributed by atoms with E-state index in [4.69, 9.17) is 0 Å². The van der Waals surface area contributed by atoms with E-state index in [0.717, 1.165) is 11.1 Å². The average molecular weight is 169 g/mol. The fourth-order valence-electron chi connectivity index (χ4n) is 1.32. The topological polar surface area (TPSA) is 45.4 Å². The highest BCUT2D eigenvalue weighted by molar-refractivity contribution is 5.27. The van der Waals surface area contributed by atoms with Crippen LogP contribution >= 0.6 is 0 Å². The fraction of sp³-hybridized carbons (Fsp3) is 0.556. The molecule has 0 spiro atoms. The van der Waals surface area contributed by atoms with Crippen LogP contribution in [0.25, 0.3) is 0 Å². The highest BCUT2D eigenvalue weighted by Crippen LogP contribution is 2.23. The molecular formula is C9H15NO2. The van der Waals surface area contributed by atoms with Crippen molar-refractivity contribution < 1.29 is 10.2 Å². The molecule has 2 atom stereocenters. The summed E-state index contributed by atoms with van der Waals surface area (Å²) in [5, 5.41) is 18.7. The molecule has 0 aliphatic carbocycles. The highest BCUT2D eigenvalue weighted by Gasteiger charge is 2.13. The maximum absolute atomic E-state index is 9.34. The van der Waals surface area contributed by atoms with E-state index in [-0.39, 0.29) is 0 Å². The lowest BCUT2D eigenvalue weighted by Crippen LogP contribution is -1.97. The molecule has 0 saturated carbocycles. The van der Waals surface area contributed by atoms with E-state index < -0.39 is 12.2 Å². The van der Waals surface area contributed by atoms with E-state index in [2.05, 4.69) is 0 Å². The van der Waals surface area contributed by atoms with Crippen LogP contribution in [0.3, 0.4) is 0 Å². The van der Waals surface area contributed by atoms with Crippen LogP contribution in [-0.2, 0) is 7.05 Å². The smallest absolute Gasteiger partial charge is 0.0780 e. The summed E-state index contributed by atoms with van der Waals surface area (Å²) in [5.41, 5.74) is 1.60. The highest BCUT2D eigenvalue weighted by atomic mass is 16.3. The van der Waals surface area contributed by atoms with Crippen LogP contribution in [0.5, 0.6) is 0 Å². The molecule has 3 nitrogen and oxygen atoms in total. The van der Waals surface area contributed by atoms with Crippen molar-refractivity contribution in [1.82, 2.24) is 4.57 Å². The zero-order valence-corrected chi connectivity index (χ0v) is 7.65. The Morgan fingerprint density at radius 2 is 1.42 bits per heavy atom. The van der Waals surface area contributed by atoms with Crippen LogP contribution in [0, 0.1) is 0 Å². The molecule has 12 heavy (non-hydrogen) atoms. The zero-order chi connectivity index (χ0) is 9.30. The van der Waals surface area contributed by atoms with Crippen molar-refractivity contribution in [2.24, 2.45) is 7.05 Å². The van der Waals surface area contributed by atoms with E-state index in [9.17, 15) is 10.2 Å². The quantitative estimate of drug-likeness (QED) is 0.697. The lowest BCUT2D eigenvalue weighted by molar-refractivity contribution is 0.176. The van der Waals surface area contributed by atoms with E-state index >= 15 is 0 Å². The first-order valence-corrected chi connectivity index (χ1v) is 4.04. The minimum absolute atomic E-state index is 0.518. The van der Waals surface area contributed by atoms with Crippen LogP contribution in [0.2, 0.25) is 0 Å². The normalized spacial score (nSPS) is 16.1. The van der Waals surface area contributed by atoms with Crippen molar-refractivity contribution in [1.29, 1.82) is 0 Å². The number of aliphatic hydroxyl groups is 2. The molecule has 0 radical (unpaired) electrons. The molecule has 2 N–H and O–H groups in total. The number of hydrogen-bond acceptors (Lipinski definition) is 2. The molecule has 1 heterocycles. The number of nitrogens with zero attached hydrogens (tertiary/aromatic N) is 1. The fourth-order valence-corrected chi connectivity index (χ4v) is 1.32. The maximum Gasteiger partial charge on any atom is 0.0780 e. The summed E-state index contributed by atoms with van der Waals surface area (Å²) in [4.78, 5) is 0. The van der Waals surface area contributed by atoms with Crippen LogP contribution in [-0.4, -0.2) is 14.8 Å². The molecule has 0 aliphatic heterocycles. The average Bonchev–Trinajstić information content (AvgIpc) is 2.31. The molecule has 0 fully saturated rings. The van der Waals surface area contributed by atoms with Crippen molar-refractivity contribution in [3.63, 3.8) is 0 Å². The summed E-state index contributed by atoms with van der Waals surface area (Å²) >= 11 is 0. The molecule has 0 bridgehead atoms.